The van der Waals surface area contributed by atoms with Crippen LogP contribution in [0.3, 0.4) is 0 Å². The number of nitrogens with zero attached hydrogens (tertiary/aromatic N) is 6. The second-order valence-electron chi connectivity index (χ2n) is 5.56. The molecule has 0 saturated heterocycles. The Kier molecular flexibility index (Phi) is 2.75. The first-order chi connectivity index (χ1) is 11.4. The minimum Gasteiger partial charge on any atom is -0.337 e. The Labute approximate surface area is 136 Å². The fourth-order valence-electron chi connectivity index (χ4n) is 2.90. The Morgan fingerprint density at radius 1 is 1.09 bits per heavy atom. The molecule has 0 atom stereocenters. The molecule has 0 aliphatic carbocycles. The van der Waals surface area contributed by atoms with Crippen molar-refractivity contribution in [3.8, 4) is 11.3 Å². The molecule has 0 spiro atoms. The Balaban J connectivity index is 1.47. The van der Waals surface area contributed by atoms with Gasteiger partial charge in [0.15, 0.2) is 0 Å². The van der Waals surface area contributed by atoms with E-state index in [-0.39, 0.29) is 0 Å². The second kappa shape index (κ2) is 4.92. The third-order valence-corrected chi connectivity index (χ3v) is 5.10. The van der Waals surface area contributed by atoms with Crippen molar-refractivity contribution in [1.82, 2.24) is 24.1 Å². The van der Waals surface area contributed by atoms with Crippen LogP contribution in [0, 0.1) is 0 Å². The molecule has 114 valence electrons. The predicted octanol–water partition coefficient (Wildman–Crippen LogP) is 2.67. The maximum absolute atomic E-state index is 4.70. The van der Waals surface area contributed by atoms with E-state index in [1.807, 2.05) is 41.3 Å². The van der Waals surface area contributed by atoms with E-state index in [0.717, 1.165) is 46.8 Å². The van der Waals surface area contributed by atoms with Crippen molar-refractivity contribution < 1.29 is 0 Å². The van der Waals surface area contributed by atoms with Gasteiger partial charge in [0.2, 0.25) is 10.1 Å². The van der Waals surface area contributed by atoms with Gasteiger partial charge in [-0.1, -0.05) is 41.7 Å². The summed E-state index contributed by atoms with van der Waals surface area (Å²) < 4.78 is 4.08. The quantitative estimate of drug-likeness (QED) is 0.569. The Bertz CT molecular complexity index is 935. The van der Waals surface area contributed by atoms with E-state index in [0.29, 0.717) is 0 Å². The van der Waals surface area contributed by atoms with E-state index in [1.54, 1.807) is 11.3 Å². The van der Waals surface area contributed by atoms with Gasteiger partial charge < -0.3 is 9.47 Å². The average Bonchev–Trinajstić information content (AvgIpc) is 3.28. The van der Waals surface area contributed by atoms with Gasteiger partial charge in [-0.2, -0.15) is 0 Å². The van der Waals surface area contributed by atoms with Gasteiger partial charge in [0.1, 0.15) is 5.82 Å². The van der Waals surface area contributed by atoms with Crippen molar-refractivity contribution in [1.29, 1.82) is 0 Å². The van der Waals surface area contributed by atoms with Crippen molar-refractivity contribution in [2.24, 2.45) is 0 Å². The van der Waals surface area contributed by atoms with Gasteiger partial charge >= 0.3 is 0 Å². The highest BCUT2D eigenvalue weighted by molar-refractivity contribution is 7.20. The molecule has 1 aromatic carbocycles. The molecular formula is C16H14N6S. The van der Waals surface area contributed by atoms with Crippen LogP contribution in [0.2, 0.25) is 0 Å². The Morgan fingerprint density at radius 3 is 2.87 bits per heavy atom. The van der Waals surface area contributed by atoms with E-state index in [2.05, 4.69) is 26.6 Å². The summed E-state index contributed by atoms with van der Waals surface area (Å²) in [6, 6.07) is 10.2. The summed E-state index contributed by atoms with van der Waals surface area (Å²) in [5, 5.41) is 5.70. The summed E-state index contributed by atoms with van der Waals surface area (Å²) in [5.41, 5.74) is 2.08. The van der Waals surface area contributed by atoms with Crippen LogP contribution in [-0.4, -0.2) is 30.7 Å². The summed E-state index contributed by atoms with van der Waals surface area (Å²) in [5.74, 6) is 1.09. The number of fused-ring (bicyclic) bond motifs is 2. The molecule has 5 rings (SSSR count). The summed E-state index contributed by atoms with van der Waals surface area (Å²) in [6.07, 6.45) is 5.89. The van der Waals surface area contributed by atoms with Crippen LogP contribution < -0.4 is 4.90 Å². The largest absolute Gasteiger partial charge is 0.337 e. The number of benzene rings is 1. The lowest BCUT2D eigenvalue weighted by molar-refractivity contribution is 0.557. The lowest BCUT2D eigenvalue weighted by Crippen LogP contribution is -2.33. The van der Waals surface area contributed by atoms with Crippen molar-refractivity contribution in [3.05, 3.63) is 54.7 Å². The highest BCUT2D eigenvalue weighted by Crippen LogP contribution is 2.28. The molecule has 0 amide bonds. The third kappa shape index (κ3) is 2.12. The molecule has 0 bridgehead atoms. The second-order valence-corrected chi connectivity index (χ2v) is 6.50. The van der Waals surface area contributed by atoms with Gasteiger partial charge in [-0.3, -0.25) is 0 Å². The van der Waals surface area contributed by atoms with Crippen LogP contribution >= 0.6 is 11.3 Å². The summed E-state index contributed by atoms with van der Waals surface area (Å²) in [6.45, 7) is 2.70. The lowest BCUT2D eigenvalue weighted by Gasteiger charge is -2.26. The predicted molar refractivity (Wildman–Crippen MR) is 89.6 cm³/mol. The van der Waals surface area contributed by atoms with Gasteiger partial charge in [0.25, 0.3) is 0 Å². The molecule has 6 nitrogen and oxygen atoms in total. The molecular weight excluding hydrogens is 308 g/mol. The number of anilines is 1. The Hall–Kier alpha value is -2.67. The van der Waals surface area contributed by atoms with Crippen LogP contribution in [0.1, 0.15) is 5.82 Å². The minimum absolute atomic E-state index is 0.801. The van der Waals surface area contributed by atoms with Gasteiger partial charge in [0.05, 0.1) is 18.4 Å². The number of hydrogen-bond acceptors (Lipinski definition) is 5. The molecule has 1 aliphatic heterocycles. The van der Waals surface area contributed by atoms with E-state index in [4.69, 9.17) is 10.1 Å². The van der Waals surface area contributed by atoms with Crippen LogP contribution in [0.4, 0.5) is 5.13 Å². The monoisotopic (exact) mass is 322 g/mol. The maximum atomic E-state index is 4.70. The fraction of sp³-hybridized carbons (Fsp3) is 0.188. The molecule has 23 heavy (non-hydrogen) atoms. The zero-order valence-electron chi connectivity index (χ0n) is 12.3. The number of rotatable bonds is 2. The van der Waals surface area contributed by atoms with E-state index >= 15 is 0 Å². The zero-order chi connectivity index (χ0) is 15.2. The van der Waals surface area contributed by atoms with Crippen LogP contribution in [0.5, 0.6) is 0 Å². The first-order valence-corrected chi connectivity index (χ1v) is 8.35. The molecule has 0 N–H and O–H groups in total. The summed E-state index contributed by atoms with van der Waals surface area (Å²) in [7, 11) is 0. The maximum Gasteiger partial charge on any atom is 0.214 e. The molecule has 0 unspecified atom stereocenters. The van der Waals surface area contributed by atoms with E-state index in [1.165, 1.54) is 0 Å². The summed E-state index contributed by atoms with van der Waals surface area (Å²) >= 11 is 1.63. The van der Waals surface area contributed by atoms with Gasteiger partial charge in [-0.05, 0) is 0 Å². The Morgan fingerprint density at radius 2 is 2.00 bits per heavy atom. The van der Waals surface area contributed by atoms with Gasteiger partial charge in [-0.25, -0.2) is 14.5 Å². The van der Waals surface area contributed by atoms with Crippen LogP contribution in [0.15, 0.2) is 48.9 Å². The van der Waals surface area contributed by atoms with Crippen molar-refractivity contribution >= 4 is 21.4 Å². The van der Waals surface area contributed by atoms with E-state index < -0.39 is 0 Å². The minimum atomic E-state index is 0.801. The molecule has 7 heteroatoms. The van der Waals surface area contributed by atoms with Crippen molar-refractivity contribution in [2.45, 2.75) is 13.1 Å². The fourth-order valence-corrected chi connectivity index (χ4v) is 3.81. The summed E-state index contributed by atoms with van der Waals surface area (Å²) in [4.78, 5) is 12.3. The van der Waals surface area contributed by atoms with Crippen LogP contribution in [-0.2, 0) is 13.1 Å². The molecule has 0 saturated carbocycles. The number of hydrogen-bond donors (Lipinski definition) is 0. The topological polar surface area (TPSA) is 51.2 Å². The molecule has 4 aromatic rings. The zero-order valence-corrected chi connectivity index (χ0v) is 13.1. The average molecular weight is 322 g/mol. The smallest absolute Gasteiger partial charge is 0.214 e. The third-order valence-electron chi connectivity index (χ3n) is 4.12. The standard InChI is InChI=1S/C16H14N6S/c1-2-4-12(5-3-1)13-10-22-15(18-13)23-16(19-22)21-9-8-20-7-6-17-14(20)11-21/h1-7,10H,8-9,11H2. The molecule has 4 heterocycles. The van der Waals surface area contributed by atoms with Gasteiger partial charge in [-0.15, -0.1) is 5.10 Å². The van der Waals surface area contributed by atoms with Crippen LogP contribution in [0.25, 0.3) is 16.2 Å². The van der Waals surface area contributed by atoms with Crippen molar-refractivity contribution in [2.75, 3.05) is 11.4 Å². The molecule has 0 radical (unpaired) electrons. The first kappa shape index (κ1) is 12.8. The lowest BCUT2D eigenvalue weighted by atomic mass is 10.2. The number of aromatic nitrogens is 5. The normalized spacial score (nSPS) is 14.3. The number of imidazole rings is 2. The molecule has 1 aliphatic rings. The first-order valence-electron chi connectivity index (χ1n) is 7.53. The van der Waals surface area contributed by atoms with Gasteiger partial charge in [0, 0.05) is 31.0 Å². The highest BCUT2D eigenvalue weighted by Gasteiger charge is 2.20. The highest BCUT2D eigenvalue weighted by atomic mass is 32.1. The molecule has 3 aromatic heterocycles. The van der Waals surface area contributed by atoms with E-state index in [9.17, 15) is 0 Å². The van der Waals surface area contributed by atoms with Crippen molar-refractivity contribution in [3.63, 3.8) is 0 Å². The SMILES string of the molecule is c1ccc(-c2cn3nc(N4CCn5ccnc5C4)sc3n2)cc1. The molecule has 0 fully saturated rings.